The zero-order valence-corrected chi connectivity index (χ0v) is 16.5. The zero-order valence-electron chi connectivity index (χ0n) is 16.5. The van der Waals surface area contributed by atoms with Gasteiger partial charge in [0.15, 0.2) is 0 Å². The number of aryl methyl sites for hydroxylation is 2. The summed E-state index contributed by atoms with van der Waals surface area (Å²) < 4.78 is 5.91. The molecule has 0 aliphatic carbocycles. The Balaban J connectivity index is 1.22. The van der Waals surface area contributed by atoms with Gasteiger partial charge in [-0.1, -0.05) is 42.0 Å². The van der Waals surface area contributed by atoms with Crippen molar-refractivity contribution in [1.82, 2.24) is 4.90 Å². The van der Waals surface area contributed by atoms with E-state index in [1.807, 2.05) is 12.1 Å². The summed E-state index contributed by atoms with van der Waals surface area (Å²) in [6.45, 7) is 5.97. The van der Waals surface area contributed by atoms with Gasteiger partial charge >= 0.3 is 0 Å². The van der Waals surface area contributed by atoms with Crippen LogP contribution in [0.1, 0.15) is 36.0 Å². The van der Waals surface area contributed by atoms with Crippen LogP contribution in [0.3, 0.4) is 0 Å². The van der Waals surface area contributed by atoms with Crippen molar-refractivity contribution in [2.45, 2.75) is 32.6 Å². The largest absolute Gasteiger partial charge is 0.493 e. The summed E-state index contributed by atoms with van der Waals surface area (Å²) in [4.78, 5) is 14.0. The molecule has 0 fully saturated rings. The first-order valence-corrected chi connectivity index (χ1v) is 10.2. The number of hydrogen-bond donors (Lipinski definition) is 1. The number of nitrogens with zero attached hydrogens (tertiary/aromatic N) is 1. The first kappa shape index (κ1) is 18.8. The fraction of sp³-hybridized carbons (Fsp3) is 0.375. The number of carbonyl (C=O) groups is 1. The number of fused-ring (bicyclic) bond motifs is 1. The molecule has 0 radical (unpaired) electrons. The minimum absolute atomic E-state index is 0.0906. The molecule has 0 saturated heterocycles. The summed E-state index contributed by atoms with van der Waals surface area (Å²) >= 11 is 0. The number of carbonyl (C=O) groups excluding carboxylic acids is 1. The third kappa shape index (κ3) is 4.63. The Morgan fingerprint density at radius 3 is 2.71 bits per heavy atom. The van der Waals surface area contributed by atoms with Crippen LogP contribution in [-0.2, 0) is 11.2 Å². The van der Waals surface area contributed by atoms with Crippen LogP contribution in [0, 0.1) is 6.92 Å². The van der Waals surface area contributed by atoms with Crippen LogP contribution in [0.25, 0.3) is 5.57 Å². The summed E-state index contributed by atoms with van der Waals surface area (Å²) in [6.07, 6.45) is 5.85. The normalized spacial score (nSPS) is 16.9. The predicted molar refractivity (Wildman–Crippen MR) is 114 cm³/mol. The Morgan fingerprint density at radius 2 is 1.93 bits per heavy atom. The number of hydrogen-bond acceptors (Lipinski definition) is 3. The summed E-state index contributed by atoms with van der Waals surface area (Å²) in [6, 6.07) is 14.8. The minimum atomic E-state index is 0.0906. The average molecular weight is 377 g/mol. The fourth-order valence-corrected chi connectivity index (χ4v) is 3.86. The highest BCUT2D eigenvalue weighted by Crippen LogP contribution is 2.27. The molecule has 0 bridgehead atoms. The summed E-state index contributed by atoms with van der Waals surface area (Å²) in [5.41, 5.74) is 6.22. The van der Waals surface area contributed by atoms with E-state index in [-0.39, 0.29) is 5.91 Å². The van der Waals surface area contributed by atoms with Crippen molar-refractivity contribution in [3.8, 4) is 5.75 Å². The maximum Gasteiger partial charge on any atom is 0.224 e. The summed E-state index contributed by atoms with van der Waals surface area (Å²) in [5, 5.41) is 2.93. The van der Waals surface area contributed by atoms with Crippen LogP contribution in [0.2, 0.25) is 0 Å². The van der Waals surface area contributed by atoms with Gasteiger partial charge in [-0.3, -0.25) is 9.69 Å². The number of anilines is 1. The van der Waals surface area contributed by atoms with Gasteiger partial charge in [0.1, 0.15) is 5.75 Å². The van der Waals surface area contributed by atoms with Gasteiger partial charge in [-0.15, -0.1) is 0 Å². The maximum atomic E-state index is 11.5. The van der Waals surface area contributed by atoms with E-state index < -0.39 is 0 Å². The molecule has 1 N–H and O–H groups in total. The number of benzene rings is 2. The molecule has 1 amide bonds. The fourth-order valence-electron chi connectivity index (χ4n) is 3.86. The predicted octanol–water partition coefficient (Wildman–Crippen LogP) is 4.44. The number of amides is 1. The highest BCUT2D eigenvalue weighted by molar-refractivity contribution is 5.94. The van der Waals surface area contributed by atoms with Gasteiger partial charge in [-0.2, -0.15) is 0 Å². The molecular weight excluding hydrogens is 348 g/mol. The van der Waals surface area contributed by atoms with E-state index in [9.17, 15) is 4.79 Å². The number of rotatable bonds is 6. The molecule has 2 aliphatic rings. The zero-order chi connectivity index (χ0) is 19.3. The van der Waals surface area contributed by atoms with Crippen molar-refractivity contribution >= 4 is 17.2 Å². The second kappa shape index (κ2) is 8.61. The minimum Gasteiger partial charge on any atom is -0.493 e. The van der Waals surface area contributed by atoms with E-state index in [2.05, 4.69) is 53.5 Å². The van der Waals surface area contributed by atoms with E-state index in [4.69, 9.17) is 4.74 Å². The molecule has 146 valence electrons. The Labute approximate surface area is 167 Å². The quantitative estimate of drug-likeness (QED) is 0.758. The van der Waals surface area contributed by atoms with Crippen molar-refractivity contribution in [2.75, 3.05) is 31.6 Å². The van der Waals surface area contributed by atoms with Crippen LogP contribution in [0.15, 0.2) is 48.5 Å². The van der Waals surface area contributed by atoms with Gasteiger partial charge in [0.2, 0.25) is 5.91 Å². The van der Waals surface area contributed by atoms with E-state index >= 15 is 0 Å². The second-order valence-electron chi connectivity index (χ2n) is 7.72. The molecule has 0 aromatic heterocycles. The molecule has 0 atom stereocenters. The molecule has 2 aromatic carbocycles. The monoisotopic (exact) mass is 376 g/mol. The lowest BCUT2D eigenvalue weighted by atomic mass is 9.98. The first-order chi connectivity index (χ1) is 13.7. The molecule has 2 heterocycles. The van der Waals surface area contributed by atoms with Crippen LogP contribution in [0.4, 0.5) is 5.69 Å². The Hall–Kier alpha value is -2.59. The van der Waals surface area contributed by atoms with Crippen molar-refractivity contribution in [2.24, 2.45) is 0 Å². The van der Waals surface area contributed by atoms with E-state index in [0.29, 0.717) is 13.0 Å². The molecule has 2 aliphatic heterocycles. The number of ether oxygens (including phenoxy) is 1. The van der Waals surface area contributed by atoms with Gasteiger partial charge in [0, 0.05) is 37.8 Å². The van der Waals surface area contributed by atoms with Gasteiger partial charge in [0.05, 0.1) is 6.61 Å². The van der Waals surface area contributed by atoms with Crippen LogP contribution in [0.5, 0.6) is 5.75 Å². The Morgan fingerprint density at radius 1 is 1.07 bits per heavy atom. The van der Waals surface area contributed by atoms with Gasteiger partial charge in [0.25, 0.3) is 0 Å². The van der Waals surface area contributed by atoms with Crippen molar-refractivity contribution in [3.05, 3.63) is 65.2 Å². The van der Waals surface area contributed by atoms with Crippen LogP contribution >= 0.6 is 0 Å². The van der Waals surface area contributed by atoms with E-state index in [1.54, 1.807) is 0 Å². The summed E-state index contributed by atoms with van der Waals surface area (Å²) in [7, 11) is 0. The highest BCUT2D eigenvalue weighted by Gasteiger charge is 2.15. The van der Waals surface area contributed by atoms with Gasteiger partial charge in [-0.05, 0) is 49.0 Å². The third-order valence-corrected chi connectivity index (χ3v) is 5.58. The Kier molecular flexibility index (Phi) is 5.77. The van der Waals surface area contributed by atoms with Crippen molar-refractivity contribution in [1.29, 1.82) is 0 Å². The average Bonchev–Trinajstić information content (AvgIpc) is 2.72. The molecule has 4 nitrogen and oxygen atoms in total. The maximum absolute atomic E-state index is 11.5. The first-order valence-electron chi connectivity index (χ1n) is 10.2. The SMILES string of the molecule is Cc1ccc(C2=CCN(CCCOc3ccc4c(c3)NC(=O)CC4)CC2)cc1. The molecule has 2 aromatic rings. The molecule has 0 saturated carbocycles. The third-order valence-electron chi connectivity index (χ3n) is 5.58. The molecule has 28 heavy (non-hydrogen) atoms. The van der Waals surface area contributed by atoms with Gasteiger partial charge in [-0.25, -0.2) is 0 Å². The van der Waals surface area contributed by atoms with Crippen molar-refractivity contribution in [3.63, 3.8) is 0 Å². The lowest BCUT2D eigenvalue weighted by Crippen LogP contribution is -2.30. The number of nitrogens with one attached hydrogen (secondary N) is 1. The molecular formula is C24H28N2O2. The van der Waals surface area contributed by atoms with Crippen LogP contribution in [-0.4, -0.2) is 37.0 Å². The van der Waals surface area contributed by atoms with E-state index in [1.165, 1.54) is 22.3 Å². The lowest BCUT2D eigenvalue weighted by Gasteiger charge is -2.26. The molecule has 4 heteroatoms. The highest BCUT2D eigenvalue weighted by atomic mass is 16.5. The Bertz CT molecular complexity index is 871. The second-order valence-corrected chi connectivity index (χ2v) is 7.72. The standard InChI is InChI=1S/C24H28N2O2/c1-18-3-5-19(6-4-18)20-11-14-26(15-12-20)13-2-16-28-22-9-7-21-8-10-24(27)25-23(21)17-22/h3-7,9,11,17H,2,8,10,12-16H2,1H3,(H,25,27). The van der Waals surface area contributed by atoms with Crippen LogP contribution < -0.4 is 10.1 Å². The summed E-state index contributed by atoms with van der Waals surface area (Å²) in [5.74, 6) is 0.925. The van der Waals surface area contributed by atoms with Crippen molar-refractivity contribution < 1.29 is 9.53 Å². The topological polar surface area (TPSA) is 41.6 Å². The lowest BCUT2D eigenvalue weighted by molar-refractivity contribution is -0.116. The molecule has 4 rings (SSSR count). The smallest absolute Gasteiger partial charge is 0.224 e. The van der Waals surface area contributed by atoms with E-state index in [0.717, 1.165) is 50.3 Å². The molecule has 0 unspecified atom stereocenters. The molecule has 0 spiro atoms. The van der Waals surface area contributed by atoms with Gasteiger partial charge < -0.3 is 10.1 Å².